The number of hydrogen-bond donors (Lipinski definition) is 2. The molecule has 0 saturated heterocycles. The molecule has 102 valence electrons. The summed E-state index contributed by atoms with van der Waals surface area (Å²) in [5.41, 5.74) is 1.27. The molecule has 0 fully saturated rings. The predicted molar refractivity (Wildman–Crippen MR) is 75.8 cm³/mol. The molecule has 2 N–H and O–H groups in total. The molecule has 1 aliphatic rings. The molecule has 1 aromatic carbocycles. The van der Waals surface area contributed by atoms with E-state index in [9.17, 15) is 9.90 Å². The highest BCUT2D eigenvalue weighted by atomic mass is 32.2. The number of aliphatic carboxylic acids is 1. The number of fused-ring (bicyclic) bond motifs is 1. The fourth-order valence-electron chi connectivity index (χ4n) is 2.11. The van der Waals surface area contributed by atoms with Gasteiger partial charge in [-0.15, -0.1) is 0 Å². The van der Waals surface area contributed by atoms with Crippen molar-refractivity contribution < 1.29 is 15.0 Å². The number of aliphatic hydroxyl groups excluding tert-OH is 1. The Morgan fingerprint density at radius 2 is 2.05 bits per heavy atom. The van der Waals surface area contributed by atoms with Crippen LogP contribution in [0.25, 0.3) is 11.8 Å². The van der Waals surface area contributed by atoms with Crippen molar-refractivity contribution in [2.75, 3.05) is 0 Å². The molecule has 2 aromatic rings. The van der Waals surface area contributed by atoms with E-state index in [1.54, 1.807) is 4.68 Å². The molecule has 0 radical (unpaired) electrons. The van der Waals surface area contributed by atoms with Crippen LogP contribution in [0, 0.1) is 6.92 Å². The van der Waals surface area contributed by atoms with Crippen molar-refractivity contribution in [2.45, 2.75) is 17.4 Å². The first-order valence-electron chi connectivity index (χ1n) is 6.02. The Kier molecular flexibility index (Phi) is 3.11. The molecule has 1 atom stereocenters. The SMILES string of the molecule is Cc1nn(-c2ccccc2)c2c1C=C(C(=O)O)C(O)S2. The van der Waals surface area contributed by atoms with Crippen LogP contribution in [0.4, 0.5) is 0 Å². The van der Waals surface area contributed by atoms with Crippen molar-refractivity contribution in [3.8, 4) is 5.69 Å². The van der Waals surface area contributed by atoms with Gasteiger partial charge < -0.3 is 10.2 Å². The van der Waals surface area contributed by atoms with Crippen LogP contribution < -0.4 is 0 Å². The Bertz CT molecular complexity index is 707. The molecule has 0 amide bonds. The fourth-order valence-corrected chi connectivity index (χ4v) is 3.19. The first-order valence-corrected chi connectivity index (χ1v) is 6.90. The number of carbonyl (C=O) groups is 1. The van der Waals surface area contributed by atoms with E-state index >= 15 is 0 Å². The minimum Gasteiger partial charge on any atom is -0.478 e. The number of aromatic nitrogens is 2. The highest BCUT2D eigenvalue weighted by molar-refractivity contribution is 8.00. The van der Waals surface area contributed by atoms with Crippen molar-refractivity contribution in [3.63, 3.8) is 0 Å². The summed E-state index contributed by atoms with van der Waals surface area (Å²) in [7, 11) is 0. The van der Waals surface area contributed by atoms with Crippen LogP contribution in [0.5, 0.6) is 0 Å². The number of nitrogens with zero attached hydrogens (tertiary/aromatic N) is 2. The van der Waals surface area contributed by atoms with Crippen molar-refractivity contribution in [3.05, 3.63) is 47.2 Å². The molecule has 0 saturated carbocycles. The summed E-state index contributed by atoms with van der Waals surface area (Å²) in [5, 5.41) is 24.2. The highest BCUT2D eigenvalue weighted by Gasteiger charge is 2.29. The third-order valence-corrected chi connectivity index (χ3v) is 4.19. The van der Waals surface area contributed by atoms with Gasteiger partial charge in [0.15, 0.2) is 0 Å². The van der Waals surface area contributed by atoms with Crippen LogP contribution in [0.3, 0.4) is 0 Å². The van der Waals surface area contributed by atoms with Gasteiger partial charge in [-0.1, -0.05) is 30.0 Å². The molecule has 0 bridgehead atoms. The number of benzene rings is 1. The van der Waals surface area contributed by atoms with Gasteiger partial charge in [0.25, 0.3) is 0 Å². The fraction of sp³-hybridized carbons (Fsp3) is 0.143. The number of rotatable bonds is 2. The van der Waals surface area contributed by atoms with Gasteiger partial charge in [-0.25, -0.2) is 9.48 Å². The molecule has 1 aliphatic heterocycles. The van der Waals surface area contributed by atoms with Crippen molar-refractivity contribution in [1.29, 1.82) is 0 Å². The smallest absolute Gasteiger partial charge is 0.335 e. The predicted octanol–water partition coefficient (Wildman–Crippen LogP) is 2.07. The second-order valence-electron chi connectivity index (χ2n) is 4.43. The molecule has 3 rings (SSSR count). The lowest BCUT2D eigenvalue weighted by Crippen LogP contribution is -2.17. The zero-order chi connectivity index (χ0) is 14.3. The Labute approximate surface area is 119 Å². The van der Waals surface area contributed by atoms with Gasteiger partial charge in [-0.05, 0) is 25.1 Å². The summed E-state index contributed by atoms with van der Waals surface area (Å²) in [5.74, 6) is -1.11. The van der Waals surface area contributed by atoms with E-state index in [0.717, 1.165) is 33.7 Å². The minimum atomic E-state index is -1.11. The van der Waals surface area contributed by atoms with E-state index in [0.29, 0.717) is 0 Å². The van der Waals surface area contributed by atoms with Gasteiger partial charge in [-0.2, -0.15) is 5.10 Å². The average Bonchev–Trinajstić information content (AvgIpc) is 2.75. The highest BCUT2D eigenvalue weighted by Crippen LogP contribution is 2.38. The zero-order valence-corrected chi connectivity index (χ0v) is 11.5. The molecule has 2 heterocycles. The lowest BCUT2D eigenvalue weighted by molar-refractivity contribution is -0.133. The molecular weight excluding hydrogens is 276 g/mol. The Morgan fingerprint density at radius 3 is 2.70 bits per heavy atom. The van der Waals surface area contributed by atoms with Crippen molar-refractivity contribution in [2.24, 2.45) is 0 Å². The van der Waals surface area contributed by atoms with Crippen LogP contribution >= 0.6 is 11.8 Å². The van der Waals surface area contributed by atoms with E-state index in [1.807, 2.05) is 37.3 Å². The lowest BCUT2D eigenvalue weighted by atomic mass is 10.1. The summed E-state index contributed by atoms with van der Waals surface area (Å²) in [6, 6.07) is 9.55. The molecule has 1 aromatic heterocycles. The monoisotopic (exact) mass is 288 g/mol. The van der Waals surface area contributed by atoms with E-state index in [1.165, 1.54) is 6.08 Å². The maximum absolute atomic E-state index is 11.1. The van der Waals surface area contributed by atoms with Gasteiger partial charge in [-0.3, -0.25) is 0 Å². The number of aryl methyl sites for hydroxylation is 1. The topological polar surface area (TPSA) is 75.4 Å². The Hall–Kier alpha value is -2.05. The molecule has 0 spiro atoms. The maximum Gasteiger partial charge on any atom is 0.335 e. The quantitative estimate of drug-likeness (QED) is 0.885. The van der Waals surface area contributed by atoms with Gasteiger partial charge >= 0.3 is 5.97 Å². The molecule has 6 heteroatoms. The second-order valence-corrected chi connectivity index (χ2v) is 5.50. The van der Waals surface area contributed by atoms with E-state index < -0.39 is 11.4 Å². The normalized spacial score (nSPS) is 17.5. The zero-order valence-electron chi connectivity index (χ0n) is 10.6. The standard InChI is InChI=1S/C14H12N2O3S/c1-8-10-7-11(13(17)18)14(19)20-12(10)16(15-8)9-5-3-2-4-6-9/h2-7,14,19H,1H3,(H,17,18). The van der Waals surface area contributed by atoms with Gasteiger partial charge in [0.1, 0.15) is 10.5 Å². The summed E-state index contributed by atoms with van der Waals surface area (Å²) in [6.07, 6.45) is 1.50. The van der Waals surface area contributed by atoms with Crippen molar-refractivity contribution in [1.82, 2.24) is 9.78 Å². The van der Waals surface area contributed by atoms with Crippen LogP contribution in [0.1, 0.15) is 11.3 Å². The third kappa shape index (κ3) is 2.03. The molecule has 20 heavy (non-hydrogen) atoms. The first kappa shape index (κ1) is 13.0. The van der Waals surface area contributed by atoms with Gasteiger partial charge in [0, 0.05) is 5.56 Å². The van der Waals surface area contributed by atoms with Crippen LogP contribution in [0.2, 0.25) is 0 Å². The number of thioether (sulfide) groups is 1. The average molecular weight is 288 g/mol. The number of aliphatic hydroxyl groups is 1. The van der Waals surface area contributed by atoms with Crippen LogP contribution in [-0.2, 0) is 4.79 Å². The van der Waals surface area contributed by atoms with Gasteiger partial charge in [0.2, 0.25) is 0 Å². The van der Waals surface area contributed by atoms with Crippen molar-refractivity contribution >= 4 is 23.8 Å². The number of hydrogen-bond acceptors (Lipinski definition) is 4. The third-order valence-electron chi connectivity index (χ3n) is 3.10. The van der Waals surface area contributed by atoms with E-state index in [2.05, 4.69) is 5.10 Å². The molecule has 1 unspecified atom stereocenters. The number of para-hydroxylation sites is 1. The first-order chi connectivity index (χ1) is 9.58. The summed E-state index contributed by atoms with van der Waals surface area (Å²) < 4.78 is 1.73. The van der Waals surface area contributed by atoms with Crippen LogP contribution in [-0.4, -0.2) is 31.4 Å². The number of carboxylic acids is 1. The summed E-state index contributed by atoms with van der Waals surface area (Å²) in [6.45, 7) is 1.83. The number of carboxylic acid groups (broad SMARTS) is 1. The Balaban J connectivity index is 2.17. The maximum atomic E-state index is 11.1. The second kappa shape index (κ2) is 4.81. The van der Waals surface area contributed by atoms with Crippen LogP contribution in [0.15, 0.2) is 40.9 Å². The van der Waals surface area contributed by atoms with E-state index in [-0.39, 0.29) is 5.57 Å². The summed E-state index contributed by atoms with van der Waals surface area (Å²) in [4.78, 5) is 11.1. The summed E-state index contributed by atoms with van der Waals surface area (Å²) >= 11 is 1.10. The van der Waals surface area contributed by atoms with Gasteiger partial charge in [0.05, 0.1) is 17.0 Å². The Morgan fingerprint density at radius 1 is 1.35 bits per heavy atom. The van der Waals surface area contributed by atoms with E-state index in [4.69, 9.17) is 5.11 Å². The minimum absolute atomic E-state index is 0.0155. The molecule has 0 aliphatic carbocycles. The molecule has 5 nitrogen and oxygen atoms in total. The molecular formula is C14H12N2O3S. The largest absolute Gasteiger partial charge is 0.478 e. The lowest BCUT2D eigenvalue weighted by Gasteiger charge is -2.18.